The Morgan fingerprint density at radius 2 is 2.00 bits per heavy atom. The number of furan rings is 1. The van der Waals surface area contributed by atoms with Crippen molar-refractivity contribution >= 4 is 28.1 Å². The van der Waals surface area contributed by atoms with Crippen molar-refractivity contribution in [2.45, 2.75) is 22.8 Å². The second-order valence-corrected chi connectivity index (χ2v) is 8.23. The summed E-state index contributed by atoms with van der Waals surface area (Å²) in [7, 11) is 0. The van der Waals surface area contributed by atoms with Gasteiger partial charge in [-0.1, -0.05) is 36.5 Å². The summed E-state index contributed by atoms with van der Waals surface area (Å²) in [6, 6.07) is 14.9. The minimum atomic E-state index is -0.184. The normalized spacial score (nSPS) is 11.3. The van der Waals surface area contributed by atoms with E-state index in [9.17, 15) is 4.79 Å². The standard InChI is InChI=1S/C19H14N6O2S2/c1-2-12-11-15(26)25-17(20-12)28-19(23-25)29-18-22-21-16(14-9-6-10-27-14)24(18)13-7-4-3-5-8-13/h3-11H,2H2,1H3. The predicted molar refractivity (Wildman–Crippen MR) is 110 cm³/mol. The van der Waals surface area contributed by atoms with Crippen molar-refractivity contribution in [3.05, 3.63) is 70.8 Å². The van der Waals surface area contributed by atoms with E-state index < -0.39 is 0 Å². The van der Waals surface area contributed by atoms with E-state index in [1.54, 1.807) is 6.26 Å². The lowest BCUT2D eigenvalue weighted by Crippen LogP contribution is -2.15. The number of nitrogens with zero attached hydrogens (tertiary/aromatic N) is 6. The third kappa shape index (κ3) is 3.26. The first-order valence-corrected chi connectivity index (χ1v) is 10.5. The SMILES string of the molecule is CCc1cc(=O)n2nc(Sc3nnc(-c4ccco4)n3-c3ccccc3)sc2n1. The number of hydrogen-bond donors (Lipinski definition) is 0. The maximum absolute atomic E-state index is 12.3. The molecule has 0 atom stereocenters. The summed E-state index contributed by atoms with van der Waals surface area (Å²) in [5.41, 5.74) is 1.47. The van der Waals surface area contributed by atoms with Crippen molar-refractivity contribution in [2.75, 3.05) is 0 Å². The van der Waals surface area contributed by atoms with E-state index in [0.29, 0.717) is 32.5 Å². The van der Waals surface area contributed by atoms with Crippen LogP contribution in [0, 0.1) is 0 Å². The number of hydrogen-bond acceptors (Lipinski definition) is 8. The van der Waals surface area contributed by atoms with Crippen LogP contribution in [0.15, 0.2) is 73.5 Å². The quantitative estimate of drug-likeness (QED) is 0.426. The van der Waals surface area contributed by atoms with Gasteiger partial charge >= 0.3 is 0 Å². The highest BCUT2D eigenvalue weighted by molar-refractivity contribution is 8.01. The van der Waals surface area contributed by atoms with E-state index in [-0.39, 0.29) is 5.56 Å². The summed E-state index contributed by atoms with van der Waals surface area (Å²) in [5.74, 6) is 1.20. The van der Waals surface area contributed by atoms with Gasteiger partial charge in [-0.25, -0.2) is 4.98 Å². The molecule has 4 aromatic heterocycles. The minimum Gasteiger partial charge on any atom is -0.461 e. The second kappa shape index (κ2) is 7.30. The van der Waals surface area contributed by atoms with Gasteiger partial charge in [-0.2, -0.15) is 4.52 Å². The van der Waals surface area contributed by atoms with Gasteiger partial charge in [0.05, 0.1) is 6.26 Å². The molecule has 0 spiro atoms. The van der Waals surface area contributed by atoms with Crippen molar-refractivity contribution in [3.8, 4) is 17.3 Å². The van der Waals surface area contributed by atoms with Crippen molar-refractivity contribution in [2.24, 2.45) is 0 Å². The van der Waals surface area contributed by atoms with Crippen LogP contribution in [0.25, 0.3) is 22.2 Å². The second-order valence-electron chi connectivity index (χ2n) is 6.06. The third-order valence-electron chi connectivity index (χ3n) is 4.21. The Balaban J connectivity index is 1.61. The van der Waals surface area contributed by atoms with E-state index >= 15 is 0 Å². The molecule has 10 heteroatoms. The largest absolute Gasteiger partial charge is 0.461 e. The highest BCUT2D eigenvalue weighted by Gasteiger charge is 2.20. The summed E-state index contributed by atoms with van der Waals surface area (Å²) in [6.07, 6.45) is 2.30. The molecule has 0 unspecified atom stereocenters. The first-order chi connectivity index (χ1) is 14.2. The lowest BCUT2D eigenvalue weighted by Gasteiger charge is -2.07. The molecule has 0 aliphatic rings. The Morgan fingerprint density at radius 1 is 1.14 bits per heavy atom. The molecular formula is C19H14N6O2S2. The van der Waals surface area contributed by atoms with Crippen LogP contribution in [0.2, 0.25) is 0 Å². The maximum atomic E-state index is 12.3. The Bertz CT molecular complexity index is 1340. The van der Waals surface area contributed by atoms with Crippen LogP contribution in [-0.4, -0.2) is 29.4 Å². The molecule has 8 nitrogen and oxygen atoms in total. The van der Waals surface area contributed by atoms with Crippen LogP contribution in [-0.2, 0) is 6.42 Å². The van der Waals surface area contributed by atoms with Gasteiger partial charge in [0, 0.05) is 17.4 Å². The average molecular weight is 422 g/mol. The Morgan fingerprint density at radius 3 is 2.76 bits per heavy atom. The van der Waals surface area contributed by atoms with E-state index in [1.807, 2.05) is 54.0 Å². The zero-order valence-electron chi connectivity index (χ0n) is 15.2. The fourth-order valence-electron chi connectivity index (χ4n) is 2.85. The molecule has 29 heavy (non-hydrogen) atoms. The lowest BCUT2D eigenvalue weighted by molar-refractivity contribution is 0.575. The summed E-state index contributed by atoms with van der Waals surface area (Å²) >= 11 is 2.68. The Hall–Kier alpha value is -3.24. The number of aromatic nitrogens is 6. The maximum Gasteiger partial charge on any atom is 0.275 e. The highest BCUT2D eigenvalue weighted by Crippen LogP contribution is 2.34. The van der Waals surface area contributed by atoms with Crippen LogP contribution in [0.4, 0.5) is 0 Å². The van der Waals surface area contributed by atoms with Crippen molar-refractivity contribution in [1.82, 2.24) is 29.4 Å². The molecule has 0 fully saturated rings. The number of fused-ring (bicyclic) bond motifs is 1. The van der Waals surface area contributed by atoms with Crippen LogP contribution in [0.3, 0.4) is 0 Å². The van der Waals surface area contributed by atoms with Gasteiger partial charge in [-0.3, -0.25) is 9.36 Å². The van der Waals surface area contributed by atoms with Crippen molar-refractivity contribution in [3.63, 3.8) is 0 Å². The molecule has 5 rings (SSSR count). The molecule has 144 valence electrons. The highest BCUT2D eigenvalue weighted by atomic mass is 32.2. The fourth-order valence-corrected chi connectivity index (χ4v) is 4.77. The average Bonchev–Trinajstić information content (AvgIpc) is 3.48. The molecule has 5 aromatic rings. The third-order valence-corrected chi connectivity index (χ3v) is 6.12. The molecule has 0 saturated heterocycles. The van der Waals surface area contributed by atoms with Gasteiger partial charge in [0.15, 0.2) is 10.1 Å². The van der Waals surface area contributed by atoms with Gasteiger partial charge in [-0.15, -0.1) is 15.3 Å². The van der Waals surface area contributed by atoms with Crippen LogP contribution < -0.4 is 5.56 Å². The molecule has 0 bridgehead atoms. The molecule has 0 aliphatic carbocycles. The number of benzene rings is 1. The molecular weight excluding hydrogens is 408 g/mol. The van der Waals surface area contributed by atoms with E-state index in [2.05, 4.69) is 20.3 Å². The molecule has 0 aliphatic heterocycles. The number of rotatable bonds is 5. The Labute approximate surface area is 172 Å². The lowest BCUT2D eigenvalue weighted by atomic mass is 10.3. The number of aryl methyl sites for hydroxylation is 1. The van der Waals surface area contributed by atoms with Crippen molar-refractivity contribution < 1.29 is 4.42 Å². The van der Waals surface area contributed by atoms with E-state index in [1.165, 1.54) is 33.7 Å². The first kappa shape index (κ1) is 17.8. The molecule has 0 amide bonds. The minimum absolute atomic E-state index is 0.184. The van der Waals surface area contributed by atoms with Gasteiger partial charge < -0.3 is 4.42 Å². The fraction of sp³-hybridized carbons (Fsp3) is 0.105. The van der Waals surface area contributed by atoms with Gasteiger partial charge in [0.25, 0.3) is 5.56 Å². The summed E-state index contributed by atoms with van der Waals surface area (Å²) in [6.45, 7) is 1.97. The zero-order valence-corrected chi connectivity index (χ0v) is 16.9. The van der Waals surface area contributed by atoms with E-state index in [0.717, 1.165) is 11.4 Å². The molecule has 0 saturated carbocycles. The van der Waals surface area contributed by atoms with Crippen molar-refractivity contribution in [1.29, 1.82) is 0 Å². The zero-order chi connectivity index (χ0) is 19.8. The molecule has 4 heterocycles. The molecule has 0 radical (unpaired) electrons. The van der Waals surface area contributed by atoms with Gasteiger partial charge in [-0.05, 0) is 42.4 Å². The smallest absolute Gasteiger partial charge is 0.275 e. The van der Waals surface area contributed by atoms with Gasteiger partial charge in [0.2, 0.25) is 15.9 Å². The Kier molecular flexibility index (Phi) is 4.49. The van der Waals surface area contributed by atoms with Crippen LogP contribution in [0.1, 0.15) is 12.6 Å². The molecule has 0 N–H and O–H groups in total. The predicted octanol–water partition coefficient (Wildman–Crippen LogP) is 3.71. The van der Waals surface area contributed by atoms with E-state index in [4.69, 9.17) is 4.42 Å². The summed E-state index contributed by atoms with van der Waals surface area (Å²) < 4.78 is 9.41. The summed E-state index contributed by atoms with van der Waals surface area (Å²) in [4.78, 5) is 17.3. The first-order valence-electron chi connectivity index (χ1n) is 8.85. The van der Waals surface area contributed by atoms with Crippen LogP contribution in [0.5, 0.6) is 0 Å². The van der Waals surface area contributed by atoms with Crippen LogP contribution >= 0.6 is 23.1 Å². The molecule has 1 aromatic carbocycles. The summed E-state index contributed by atoms with van der Waals surface area (Å²) in [5, 5.41) is 13.7. The number of para-hydroxylation sites is 1. The monoisotopic (exact) mass is 422 g/mol. The topological polar surface area (TPSA) is 91.1 Å². The van der Waals surface area contributed by atoms with Gasteiger partial charge in [0.1, 0.15) is 0 Å².